The molecular weight excluding hydrogens is 303 g/mol. The van der Waals surface area contributed by atoms with Gasteiger partial charge in [-0.25, -0.2) is 0 Å². The topological polar surface area (TPSA) is 41.1 Å². The molecule has 1 atom stereocenters. The summed E-state index contributed by atoms with van der Waals surface area (Å²) in [4.78, 5) is 12.7. The number of carbonyl (C=O) groups excluding carboxylic acids is 1. The third-order valence-electron chi connectivity index (χ3n) is 2.91. The minimum absolute atomic E-state index is 0.0368. The van der Waals surface area contributed by atoms with Crippen molar-refractivity contribution in [3.8, 4) is 0 Å². The predicted octanol–water partition coefficient (Wildman–Crippen LogP) is 2.95. The highest BCUT2D eigenvalue weighted by atomic mass is 35.5. The van der Waals surface area contributed by atoms with Gasteiger partial charge < -0.3 is 10.6 Å². The number of hydrogen-bond donors (Lipinski definition) is 2. The zero-order valence-electron chi connectivity index (χ0n) is 10.4. The summed E-state index contributed by atoms with van der Waals surface area (Å²) in [7, 11) is 0. The highest BCUT2D eigenvalue weighted by Crippen LogP contribution is 2.29. The van der Waals surface area contributed by atoms with E-state index in [1.807, 2.05) is 0 Å². The van der Waals surface area contributed by atoms with Gasteiger partial charge >= 0.3 is 0 Å². The molecular formula is C13H16Cl2N2OS. The smallest absolute Gasteiger partial charge is 0.230 e. The van der Waals surface area contributed by atoms with Crippen LogP contribution in [0.4, 0.5) is 0 Å². The Morgan fingerprint density at radius 3 is 3.05 bits per heavy atom. The lowest BCUT2D eigenvalue weighted by Crippen LogP contribution is -2.46. The van der Waals surface area contributed by atoms with Gasteiger partial charge in [-0.2, -0.15) is 0 Å². The average Bonchev–Trinajstić information content (AvgIpc) is 2.41. The van der Waals surface area contributed by atoms with Gasteiger partial charge in [-0.3, -0.25) is 4.79 Å². The summed E-state index contributed by atoms with van der Waals surface area (Å²) in [6.07, 6.45) is 2.15. The normalized spacial score (nSPS) is 19.2. The molecule has 6 heteroatoms. The highest BCUT2D eigenvalue weighted by Gasteiger charge is 2.15. The predicted molar refractivity (Wildman–Crippen MR) is 81.2 cm³/mol. The lowest BCUT2D eigenvalue weighted by Gasteiger charge is -2.23. The third-order valence-corrected chi connectivity index (χ3v) is 4.65. The van der Waals surface area contributed by atoms with Crippen molar-refractivity contribution >= 4 is 40.9 Å². The number of benzene rings is 1. The van der Waals surface area contributed by atoms with Gasteiger partial charge in [-0.1, -0.05) is 23.2 Å². The number of thioether (sulfide) groups is 1. The number of hydrogen-bond acceptors (Lipinski definition) is 3. The first-order chi connectivity index (χ1) is 9.15. The van der Waals surface area contributed by atoms with E-state index < -0.39 is 0 Å². The molecule has 2 N–H and O–H groups in total. The Labute approximate surface area is 127 Å². The molecule has 0 saturated carbocycles. The molecule has 1 fully saturated rings. The van der Waals surface area contributed by atoms with Gasteiger partial charge in [0.2, 0.25) is 5.91 Å². The van der Waals surface area contributed by atoms with Crippen molar-refractivity contribution in [3.05, 3.63) is 28.2 Å². The molecule has 0 aromatic heterocycles. The van der Waals surface area contributed by atoms with Gasteiger partial charge in [0.1, 0.15) is 0 Å². The van der Waals surface area contributed by atoms with Crippen LogP contribution in [-0.4, -0.2) is 30.8 Å². The van der Waals surface area contributed by atoms with Crippen molar-refractivity contribution in [2.45, 2.75) is 23.8 Å². The minimum Gasteiger partial charge on any atom is -0.351 e. The van der Waals surface area contributed by atoms with E-state index in [4.69, 9.17) is 23.2 Å². The van der Waals surface area contributed by atoms with Crippen LogP contribution in [-0.2, 0) is 4.79 Å². The Balaban J connectivity index is 1.81. The van der Waals surface area contributed by atoms with Crippen molar-refractivity contribution in [2.24, 2.45) is 0 Å². The molecule has 19 heavy (non-hydrogen) atoms. The Morgan fingerprint density at radius 1 is 1.47 bits per heavy atom. The van der Waals surface area contributed by atoms with E-state index in [1.54, 1.807) is 18.2 Å². The molecule has 0 radical (unpaired) electrons. The molecule has 1 aliphatic heterocycles. The molecule has 0 bridgehead atoms. The Hall–Kier alpha value is -0.420. The van der Waals surface area contributed by atoms with Crippen LogP contribution in [0.3, 0.4) is 0 Å². The van der Waals surface area contributed by atoms with E-state index in [9.17, 15) is 4.79 Å². The van der Waals surface area contributed by atoms with Gasteiger partial charge in [-0.15, -0.1) is 11.8 Å². The van der Waals surface area contributed by atoms with Crippen LogP contribution in [0.25, 0.3) is 0 Å². The quantitative estimate of drug-likeness (QED) is 0.839. The summed E-state index contributed by atoms with van der Waals surface area (Å²) in [6, 6.07) is 5.51. The number of piperidine rings is 1. The van der Waals surface area contributed by atoms with Crippen molar-refractivity contribution < 1.29 is 4.79 Å². The average molecular weight is 319 g/mol. The van der Waals surface area contributed by atoms with Crippen LogP contribution >= 0.6 is 35.0 Å². The Morgan fingerprint density at radius 2 is 2.32 bits per heavy atom. The summed E-state index contributed by atoms with van der Waals surface area (Å²) < 4.78 is 0. The van der Waals surface area contributed by atoms with Crippen LogP contribution in [0.15, 0.2) is 23.1 Å². The maximum absolute atomic E-state index is 11.8. The second-order valence-electron chi connectivity index (χ2n) is 4.47. The molecule has 0 aliphatic carbocycles. The van der Waals surface area contributed by atoms with E-state index in [0.717, 1.165) is 30.8 Å². The van der Waals surface area contributed by atoms with Gasteiger partial charge in [0, 0.05) is 22.5 Å². The van der Waals surface area contributed by atoms with Gasteiger partial charge in [-0.05, 0) is 37.6 Å². The molecule has 3 nitrogen and oxygen atoms in total. The second kappa shape index (κ2) is 7.39. The van der Waals surface area contributed by atoms with E-state index in [0.29, 0.717) is 15.8 Å². The zero-order valence-corrected chi connectivity index (χ0v) is 12.7. The van der Waals surface area contributed by atoms with E-state index >= 15 is 0 Å². The van der Waals surface area contributed by atoms with Crippen molar-refractivity contribution in [1.29, 1.82) is 0 Å². The molecule has 0 spiro atoms. The number of amides is 1. The molecule has 1 unspecified atom stereocenters. The standard InChI is InChI=1S/C13H16Cl2N2OS/c14-9-3-4-11(15)12(6-9)19-8-13(18)17-10-2-1-5-16-7-10/h3-4,6,10,16H,1-2,5,7-8H2,(H,17,18). The minimum atomic E-state index is 0.0368. The third kappa shape index (κ3) is 4.88. The van der Waals surface area contributed by atoms with Crippen molar-refractivity contribution in [1.82, 2.24) is 10.6 Å². The Kier molecular flexibility index (Phi) is 5.82. The molecule has 1 amide bonds. The number of nitrogens with one attached hydrogen (secondary N) is 2. The molecule has 2 rings (SSSR count). The Bertz CT molecular complexity index is 450. The number of halogens is 2. The van der Waals surface area contributed by atoms with E-state index in [1.165, 1.54) is 11.8 Å². The summed E-state index contributed by atoms with van der Waals surface area (Å²) in [6.45, 7) is 1.90. The number of rotatable bonds is 4. The van der Waals surface area contributed by atoms with Crippen LogP contribution < -0.4 is 10.6 Å². The summed E-state index contributed by atoms with van der Waals surface area (Å²) in [5, 5.41) is 7.55. The first-order valence-corrected chi connectivity index (χ1v) is 7.97. The van der Waals surface area contributed by atoms with Gasteiger partial charge in [0.25, 0.3) is 0 Å². The zero-order chi connectivity index (χ0) is 13.7. The van der Waals surface area contributed by atoms with E-state index in [2.05, 4.69) is 10.6 Å². The van der Waals surface area contributed by atoms with E-state index in [-0.39, 0.29) is 11.9 Å². The fourth-order valence-corrected chi connectivity index (χ4v) is 3.28. The summed E-state index contributed by atoms with van der Waals surface area (Å²) >= 11 is 13.4. The van der Waals surface area contributed by atoms with Crippen molar-refractivity contribution in [2.75, 3.05) is 18.8 Å². The van der Waals surface area contributed by atoms with Crippen LogP contribution in [0, 0.1) is 0 Å². The molecule has 1 aromatic rings. The highest BCUT2D eigenvalue weighted by molar-refractivity contribution is 8.00. The van der Waals surface area contributed by atoms with Crippen molar-refractivity contribution in [3.63, 3.8) is 0 Å². The SMILES string of the molecule is O=C(CSc1cc(Cl)ccc1Cl)NC1CCCNC1. The fourth-order valence-electron chi connectivity index (χ4n) is 1.98. The monoisotopic (exact) mass is 318 g/mol. The maximum Gasteiger partial charge on any atom is 0.230 e. The number of carbonyl (C=O) groups is 1. The maximum atomic E-state index is 11.8. The molecule has 1 saturated heterocycles. The lowest BCUT2D eigenvalue weighted by molar-refractivity contribution is -0.119. The molecule has 1 aromatic carbocycles. The fraction of sp³-hybridized carbons (Fsp3) is 0.462. The van der Waals surface area contributed by atoms with Crippen LogP contribution in [0.2, 0.25) is 10.0 Å². The van der Waals surface area contributed by atoms with Gasteiger partial charge in [0.15, 0.2) is 0 Å². The van der Waals surface area contributed by atoms with Crippen LogP contribution in [0.1, 0.15) is 12.8 Å². The molecule has 104 valence electrons. The van der Waals surface area contributed by atoms with Gasteiger partial charge in [0.05, 0.1) is 10.8 Å². The summed E-state index contributed by atoms with van der Waals surface area (Å²) in [5.74, 6) is 0.394. The first kappa shape index (κ1) is 15.0. The first-order valence-electron chi connectivity index (χ1n) is 6.23. The summed E-state index contributed by atoms with van der Waals surface area (Å²) in [5.41, 5.74) is 0. The molecule has 1 aliphatic rings. The second-order valence-corrected chi connectivity index (χ2v) is 6.34. The lowest BCUT2D eigenvalue weighted by atomic mass is 10.1. The largest absolute Gasteiger partial charge is 0.351 e. The van der Waals surface area contributed by atoms with Crippen LogP contribution in [0.5, 0.6) is 0 Å². The molecule has 1 heterocycles.